The van der Waals surface area contributed by atoms with E-state index in [0.717, 1.165) is 35.0 Å². The number of rotatable bonds is 5. The van der Waals surface area contributed by atoms with Crippen LogP contribution in [0, 0.1) is 0 Å². The van der Waals surface area contributed by atoms with Crippen molar-refractivity contribution in [1.82, 2.24) is 10.3 Å². The molecular weight excluding hydrogens is 345 g/mol. The molecule has 3 aromatic rings. The van der Waals surface area contributed by atoms with E-state index in [1.165, 1.54) is 0 Å². The molecule has 124 valence electrons. The highest BCUT2D eigenvalue weighted by molar-refractivity contribution is 6.38. The molecule has 3 N–H and O–H groups in total. The van der Waals surface area contributed by atoms with E-state index in [0.29, 0.717) is 16.6 Å². The number of urea groups is 1. The standard InChI is InChI=1S/C18H17Cl2N3O/c19-13-9-15(20)17-12(11-22-16(17)10-13)5-4-8-21-18(24)23-14-6-2-1-3-7-14/h1-3,6-7,9-11,22H,4-5,8H2,(H2,21,23,24). The second-order valence-electron chi connectivity index (χ2n) is 5.47. The highest BCUT2D eigenvalue weighted by Crippen LogP contribution is 2.30. The normalized spacial score (nSPS) is 10.8. The first-order chi connectivity index (χ1) is 11.6. The summed E-state index contributed by atoms with van der Waals surface area (Å²) >= 11 is 12.3. The highest BCUT2D eigenvalue weighted by atomic mass is 35.5. The molecule has 0 aliphatic rings. The lowest BCUT2D eigenvalue weighted by molar-refractivity contribution is 0.252. The van der Waals surface area contributed by atoms with Crippen molar-refractivity contribution < 1.29 is 4.79 Å². The van der Waals surface area contributed by atoms with Gasteiger partial charge in [-0.2, -0.15) is 0 Å². The number of aromatic nitrogens is 1. The highest BCUT2D eigenvalue weighted by Gasteiger charge is 2.09. The van der Waals surface area contributed by atoms with E-state index in [9.17, 15) is 4.79 Å². The molecular formula is C18H17Cl2N3O. The van der Waals surface area contributed by atoms with Crippen LogP contribution < -0.4 is 10.6 Å². The van der Waals surface area contributed by atoms with Gasteiger partial charge in [-0.05, 0) is 42.7 Å². The van der Waals surface area contributed by atoms with Gasteiger partial charge in [0.05, 0.1) is 5.02 Å². The molecule has 0 unspecified atom stereocenters. The van der Waals surface area contributed by atoms with Crippen LogP contribution in [0.25, 0.3) is 10.9 Å². The molecule has 0 saturated carbocycles. The Morgan fingerprint density at radius 2 is 1.92 bits per heavy atom. The number of halogens is 2. The van der Waals surface area contributed by atoms with E-state index in [1.54, 1.807) is 6.07 Å². The van der Waals surface area contributed by atoms with Crippen LogP contribution in [-0.2, 0) is 6.42 Å². The molecule has 24 heavy (non-hydrogen) atoms. The fraction of sp³-hybridized carbons (Fsp3) is 0.167. The monoisotopic (exact) mass is 361 g/mol. The van der Waals surface area contributed by atoms with E-state index in [2.05, 4.69) is 15.6 Å². The lowest BCUT2D eigenvalue weighted by Gasteiger charge is -2.07. The largest absolute Gasteiger partial charge is 0.361 e. The number of fused-ring (bicyclic) bond motifs is 1. The summed E-state index contributed by atoms with van der Waals surface area (Å²) in [6.45, 7) is 0.580. The molecule has 0 aliphatic heterocycles. The summed E-state index contributed by atoms with van der Waals surface area (Å²) in [5, 5.41) is 7.89. The average molecular weight is 362 g/mol. The van der Waals surface area contributed by atoms with Crippen LogP contribution in [0.2, 0.25) is 10.0 Å². The van der Waals surface area contributed by atoms with Gasteiger partial charge in [0.25, 0.3) is 0 Å². The molecule has 0 radical (unpaired) electrons. The zero-order valence-corrected chi connectivity index (χ0v) is 14.4. The van der Waals surface area contributed by atoms with Crippen molar-refractivity contribution in [2.24, 2.45) is 0 Å². The van der Waals surface area contributed by atoms with Gasteiger partial charge in [-0.3, -0.25) is 0 Å². The first-order valence-corrected chi connectivity index (χ1v) is 8.44. The van der Waals surface area contributed by atoms with Gasteiger partial charge >= 0.3 is 6.03 Å². The van der Waals surface area contributed by atoms with Gasteiger partial charge < -0.3 is 15.6 Å². The smallest absolute Gasteiger partial charge is 0.319 e. The topological polar surface area (TPSA) is 56.9 Å². The summed E-state index contributed by atoms with van der Waals surface area (Å²) in [5.41, 5.74) is 2.82. The number of amides is 2. The second-order valence-corrected chi connectivity index (χ2v) is 6.32. The van der Waals surface area contributed by atoms with Crippen LogP contribution in [0.3, 0.4) is 0 Å². The van der Waals surface area contributed by atoms with E-state index < -0.39 is 0 Å². The molecule has 4 nitrogen and oxygen atoms in total. The number of carbonyl (C=O) groups excluding carboxylic acids is 1. The lowest BCUT2D eigenvalue weighted by atomic mass is 10.1. The Morgan fingerprint density at radius 3 is 2.71 bits per heavy atom. The number of carbonyl (C=O) groups is 1. The molecule has 2 aromatic carbocycles. The van der Waals surface area contributed by atoms with Gasteiger partial charge in [0.15, 0.2) is 0 Å². The molecule has 0 saturated heterocycles. The van der Waals surface area contributed by atoms with Crippen LogP contribution in [0.5, 0.6) is 0 Å². The third-order valence-corrected chi connectivity index (χ3v) is 4.23. The summed E-state index contributed by atoms with van der Waals surface area (Å²) in [5.74, 6) is 0. The number of nitrogens with one attached hydrogen (secondary N) is 3. The summed E-state index contributed by atoms with van der Waals surface area (Å²) in [6.07, 6.45) is 3.57. The zero-order chi connectivity index (χ0) is 16.9. The molecule has 1 aromatic heterocycles. The first kappa shape index (κ1) is 16.7. The van der Waals surface area contributed by atoms with Crippen molar-refractivity contribution in [3.63, 3.8) is 0 Å². The quantitative estimate of drug-likeness (QED) is 0.535. The fourth-order valence-electron chi connectivity index (χ4n) is 2.63. The Hall–Kier alpha value is -2.17. The minimum atomic E-state index is -0.204. The van der Waals surface area contributed by atoms with Gasteiger partial charge in [-0.15, -0.1) is 0 Å². The average Bonchev–Trinajstić information content (AvgIpc) is 2.95. The lowest BCUT2D eigenvalue weighted by Crippen LogP contribution is -2.29. The Kier molecular flexibility index (Phi) is 5.28. The Labute approximate surface area is 150 Å². The number of hydrogen-bond acceptors (Lipinski definition) is 1. The SMILES string of the molecule is O=C(NCCCc1c[nH]c2cc(Cl)cc(Cl)c12)Nc1ccccc1. The van der Waals surface area contributed by atoms with Crippen LogP contribution in [0.4, 0.5) is 10.5 Å². The molecule has 3 rings (SSSR count). The number of aromatic amines is 1. The van der Waals surface area contributed by atoms with Crippen LogP contribution in [0.1, 0.15) is 12.0 Å². The van der Waals surface area contributed by atoms with E-state index in [-0.39, 0.29) is 6.03 Å². The van der Waals surface area contributed by atoms with Gasteiger partial charge in [0.1, 0.15) is 0 Å². The maximum atomic E-state index is 11.8. The minimum absolute atomic E-state index is 0.204. The van der Waals surface area contributed by atoms with Crippen molar-refractivity contribution in [3.8, 4) is 0 Å². The Balaban J connectivity index is 1.51. The Bertz CT molecular complexity index is 846. The molecule has 0 bridgehead atoms. The third-order valence-electron chi connectivity index (χ3n) is 3.72. The minimum Gasteiger partial charge on any atom is -0.361 e. The molecule has 0 spiro atoms. The van der Waals surface area contributed by atoms with Crippen molar-refractivity contribution in [3.05, 3.63) is 64.3 Å². The zero-order valence-electron chi connectivity index (χ0n) is 12.9. The van der Waals surface area contributed by atoms with Crippen LogP contribution in [0.15, 0.2) is 48.7 Å². The first-order valence-electron chi connectivity index (χ1n) is 7.68. The number of H-pyrrole nitrogens is 1. The van der Waals surface area contributed by atoms with Gasteiger partial charge in [-0.25, -0.2) is 4.79 Å². The maximum Gasteiger partial charge on any atom is 0.319 e. The van der Waals surface area contributed by atoms with Gasteiger partial charge in [0.2, 0.25) is 0 Å². The molecule has 0 aliphatic carbocycles. The van der Waals surface area contributed by atoms with Crippen molar-refractivity contribution in [2.45, 2.75) is 12.8 Å². The van der Waals surface area contributed by atoms with Crippen molar-refractivity contribution >= 4 is 45.8 Å². The number of para-hydroxylation sites is 1. The summed E-state index contributed by atoms with van der Waals surface area (Å²) in [7, 11) is 0. The van der Waals surface area contributed by atoms with Crippen LogP contribution in [-0.4, -0.2) is 17.6 Å². The van der Waals surface area contributed by atoms with E-state index in [1.807, 2.05) is 42.6 Å². The predicted octanol–water partition coefficient (Wildman–Crippen LogP) is 5.23. The van der Waals surface area contributed by atoms with Gasteiger partial charge in [-0.1, -0.05) is 41.4 Å². The fourth-order valence-corrected chi connectivity index (χ4v) is 3.24. The predicted molar refractivity (Wildman–Crippen MR) is 100 cm³/mol. The second kappa shape index (κ2) is 7.60. The number of benzene rings is 2. The number of aryl methyl sites for hydroxylation is 1. The van der Waals surface area contributed by atoms with Crippen molar-refractivity contribution in [2.75, 3.05) is 11.9 Å². The summed E-state index contributed by atoms with van der Waals surface area (Å²) in [4.78, 5) is 15.0. The van der Waals surface area contributed by atoms with E-state index in [4.69, 9.17) is 23.2 Å². The number of hydrogen-bond donors (Lipinski definition) is 3. The van der Waals surface area contributed by atoms with Crippen molar-refractivity contribution in [1.29, 1.82) is 0 Å². The Morgan fingerprint density at radius 1 is 1.12 bits per heavy atom. The molecule has 6 heteroatoms. The molecule has 0 fully saturated rings. The number of anilines is 1. The van der Waals surface area contributed by atoms with Gasteiger partial charge in [0, 0.05) is 34.4 Å². The summed E-state index contributed by atoms with van der Waals surface area (Å²) < 4.78 is 0. The maximum absolute atomic E-state index is 11.8. The molecule has 0 atom stereocenters. The molecule has 1 heterocycles. The van der Waals surface area contributed by atoms with Crippen LogP contribution >= 0.6 is 23.2 Å². The summed E-state index contributed by atoms with van der Waals surface area (Å²) in [6, 6.07) is 12.8. The molecule has 2 amide bonds. The van der Waals surface area contributed by atoms with E-state index >= 15 is 0 Å². The third kappa shape index (κ3) is 4.02.